The first-order valence-corrected chi connectivity index (χ1v) is 9.23. The molecule has 0 aromatic carbocycles. The standard InChI is InChI=1S/C14H29N3O2S/c1-11-7-12(2)13(3)17(9-11)20(18,19)16-6-4-5-14(8-15)10-16/h11-14H,4-10,15H2,1-3H3. The highest BCUT2D eigenvalue weighted by Gasteiger charge is 2.40. The molecule has 4 unspecified atom stereocenters. The normalized spacial score (nSPS) is 38.0. The maximum atomic E-state index is 12.9. The lowest BCUT2D eigenvalue weighted by Crippen LogP contribution is -2.55. The molecule has 5 nitrogen and oxygen atoms in total. The van der Waals surface area contributed by atoms with Crippen molar-refractivity contribution in [3.63, 3.8) is 0 Å². The second kappa shape index (κ2) is 6.30. The van der Waals surface area contributed by atoms with Crippen molar-refractivity contribution in [2.75, 3.05) is 26.2 Å². The summed E-state index contributed by atoms with van der Waals surface area (Å²) < 4.78 is 29.2. The zero-order valence-electron chi connectivity index (χ0n) is 13.0. The van der Waals surface area contributed by atoms with E-state index in [2.05, 4.69) is 13.8 Å². The molecule has 0 aliphatic carbocycles. The molecule has 2 aliphatic rings. The Kier molecular flexibility index (Phi) is 5.10. The highest BCUT2D eigenvalue weighted by Crippen LogP contribution is 2.31. The molecule has 0 amide bonds. The van der Waals surface area contributed by atoms with Crippen LogP contribution in [0.25, 0.3) is 0 Å². The third kappa shape index (κ3) is 3.18. The van der Waals surface area contributed by atoms with Gasteiger partial charge in [0, 0.05) is 25.7 Å². The predicted octanol–water partition coefficient (Wildman–Crippen LogP) is 1.27. The Bertz CT molecular complexity index is 426. The first kappa shape index (κ1) is 16.2. The molecular formula is C14H29N3O2S. The maximum absolute atomic E-state index is 12.9. The van der Waals surface area contributed by atoms with E-state index in [9.17, 15) is 8.42 Å². The Morgan fingerprint density at radius 3 is 2.55 bits per heavy atom. The van der Waals surface area contributed by atoms with E-state index < -0.39 is 10.2 Å². The average molecular weight is 303 g/mol. The van der Waals surface area contributed by atoms with Gasteiger partial charge in [0.1, 0.15) is 0 Å². The molecule has 0 saturated carbocycles. The van der Waals surface area contributed by atoms with Crippen LogP contribution >= 0.6 is 0 Å². The Morgan fingerprint density at radius 1 is 1.20 bits per heavy atom. The van der Waals surface area contributed by atoms with Crippen LogP contribution in [0.5, 0.6) is 0 Å². The molecule has 0 bridgehead atoms. The molecule has 0 aromatic heterocycles. The van der Waals surface area contributed by atoms with Gasteiger partial charge in [0.25, 0.3) is 10.2 Å². The first-order valence-electron chi connectivity index (χ1n) is 7.83. The van der Waals surface area contributed by atoms with Crippen LogP contribution in [-0.2, 0) is 10.2 Å². The lowest BCUT2D eigenvalue weighted by Gasteiger charge is -2.43. The molecule has 0 aromatic rings. The Morgan fingerprint density at radius 2 is 1.90 bits per heavy atom. The molecule has 0 radical (unpaired) electrons. The van der Waals surface area contributed by atoms with E-state index >= 15 is 0 Å². The molecule has 6 heteroatoms. The van der Waals surface area contributed by atoms with E-state index in [1.54, 1.807) is 8.61 Å². The third-order valence-corrected chi connectivity index (χ3v) is 7.04. The fourth-order valence-corrected chi connectivity index (χ4v) is 5.67. The summed E-state index contributed by atoms with van der Waals surface area (Å²) in [7, 11) is -3.33. The quantitative estimate of drug-likeness (QED) is 0.854. The fourth-order valence-electron chi connectivity index (χ4n) is 3.54. The summed E-state index contributed by atoms with van der Waals surface area (Å²) in [5.74, 6) is 1.17. The molecule has 4 atom stereocenters. The van der Waals surface area contributed by atoms with Crippen molar-refractivity contribution in [3.8, 4) is 0 Å². The number of piperidine rings is 2. The highest BCUT2D eigenvalue weighted by atomic mass is 32.2. The van der Waals surface area contributed by atoms with Crippen LogP contribution in [0.15, 0.2) is 0 Å². The summed E-state index contributed by atoms with van der Waals surface area (Å²) in [5, 5.41) is 0. The summed E-state index contributed by atoms with van der Waals surface area (Å²) in [4.78, 5) is 0. The number of nitrogens with zero attached hydrogens (tertiary/aromatic N) is 2. The van der Waals surface area contributed by atoms with Gasteiger partial charge in [-0.3, -0.25) is 0 Å². The van der Waals surface area contributed by atoms with E-state index in [4.69, 9.17) is 5.73 Å². The number of nitrogens with two attached hydrogens (primary N) is 1. The minimum absolute atomic E-state index is 0.0921. The van der Waals surface area contributed by atoms with Crippen molar-refractivity contribution in [2.45, 2.75) is 46.1 Å². The zero-order valence-corrected chi connectivity index (χ0v) is 13.8. The van der Waals surface area contributed by atoms with E-state index in [0.29, 0.717) is 43.9 Å². The number of hydrogen-bond donors (Lipinski definition) is 1. The molecule has 20 heavy (non-hydrogen) atoms. The highest BCUT2D eigenvalue weighted by molar-refractivity contribution is 7.86. The van der Waals surface area contributed by atoms with Crippen LogP contribution in [0.4, 0.5) is 0 Å². The van der Waals surface area contributed by atoms with Gasteiger partial charge in [0.15, 0.2) is 0 Å². The second-order valence-corrected chi connectivity index (χ2v) is 8.62. The van der Waals surface area contributed by atoms with E-state index in [0.717, 1.165) is 19.3 Å². The van der Waals surface area contributed by atoms with Gasteiger partial charge in [-0.2, -0.15) is 17.0 Å². The average Bonchev–Trinajstić information content (AvgIpc) is 2.42. The number of rotatable bonds is 3. The van der Waals surface area contributed by atoms with Gasteiger partial charge >= 0.3 is 0 Å². The fraction of sp³-hybridized carbons (Fsp3) is 1.00. The van der Waals surface area contributed by atoms with Gasteiger partial charge < -0.3 is 5.73 Å². The lowest BCUT2D eigenvalue weighted by molar-refractivity contribution is 0.142. The summed E-state index contributed by atoms with van der Waals surface area (Å²) in [6.07, 6.45) is 3.08. The smallest absolute Gasteiger partial charge is 0.282 e. The van der Waals surface area contributed by atoms with Crippen LogP contribution in [0.1, 0.15) is 40.0 Å². The van der Waals surface area contributed by atoms with Crippen molar-refractivity contribution >= 4 is 10.2 Å². The summed E-state index contributed by atoms with van der Waals surface area (Å²) >= 11 is 0. The maximum Gasteiger partial charge on any atom is 0.282 e. The molecule has 0 spiro atoms. The largest absolute Gasteiger partial charge is 0.330 e. The van der Waals surface area contributed by atoms with Crippen molar-refractivity contribution in [1.82, 2.24) is 8.61 Å². The van der Waals surface area contributed by atoms with Crippen LogP contribution in [0, 0.1) is 17.8 Å². The molecule has 2 fully saturated rings. The minimum atomic E-state index is -3.33. The van der Waals surface area contributed by atoms with E-state index in [1.807, 2.05) is 6.92 Å². The number of hydrogen-bond acceptors (Lipinski definition) is 3. The molecule has 2 N–H and O–H groups in total. The molecule has 2 aliphatic heterocycles. The Labute approximate surface area is 123 Å². The molecule has 2 rings (SSSR count). The van der Waals surface area contributed by atoms with E-state index in [1.165, 1.54) is 0 Å². The van der Waals surface area contributed by atoms with Gasteiger partial charge in [-0.25, -0.2) is 0 Å². The molecule has 118 valence electrons. The topological polar surface area (TPSA) is 66.6 Å². The van der Waals surface area contributed by atoms with Gasteiger partial charge in [0.05, 0.1) is 0 Å². The zero-order chi connectivity index (χ0) is 14.9. The first-order chi connectivity index (χ1) is 9.36. The summed E-state index contributed by atoms with van der Waals surface area (Å²) in [5.41, 5.74) is 5.72. The van der Waals surface area contributed by atoms with Crippen molar-refractivity contribution in [2.24, 2.45) is 23.5 Å². The van der Waals surface area contributed by atoms with E-state index in [-0.39, 0.29) is 6.04 Å². The third-order valence-electron chi connectivity index (χ3n) is 4.98. The predicted molar refractivity (Wildman–Crippen MR) is 81.4 cm³/mol. The molecular weight excluding hydrogens is 274 g/mol. The van der Waals surface area contributed by atoms with Crippen molar-refractivity contribution in [3.05, 3.63) is 0 Å². The molecule has 2 heterocycles. The van der Waals surface area contributed by atoms with Crippen molar-refractivity contribution in [1.29, 1.82) is 0 Å². The summed E-state index contributed by atoms with van der Waals surface area (Å²) in [6.45, 7) is 8.80. The van der Waals surface area contributed by atoms with Crippen molar-refractivity contribution < 1.29 is 8.42 Å². The summed E-state index contributed by atoms with van der Waals surface area (Å²) in [6, 6.07) is 0.0921. The van der Waals surface area contributed by atoms with Gasteiger partial charge in [-0.05, 0) is 50.5 Å². The van der Waals surface area contributed by atoms with Gasteiger partial charge in [-0.15, -0.1) is 0 Å². The van der Waals surface area contributed by atoms with Crippen LogP contribution in [0.2, 0.25) is 0 Å². The SMILES string of the molecule is CC1CC(C)C(C)N(S(=O)(=O)N2CCCC(CN)C2)C1. The van der Waals surface area contributed by atoms with Crippen LogP contribution < -0.4 is 5.73 Å². The second-order valence-electron chi connectivity index (χ2n) is 6.74. The van der Waals surface area contributed by atoms with Gasteiger partial charge in [-0.1, -0.05) is 13.8 Å². The van der Waals surface area contributed by atoms with Gasteiger partial charge in [0.2, 0.25) is 0 Å². The van der Waals surface area contributed by atoms with Crippen LogP contribution in [-0.4, -0.2) is 49.2 Å². The monoisotopic (exact) mass is 303 g/mol. The lowest BCUT2D eigenvalue weighted by atomic mass is 9.88. The minimum Gasteiger partial charge on any atom is -0.330 e. The van der Waals surface area contributed by atoms with Crippen LogP contribution in [0.3, 0.4) is 0 Å². The Balaban J connectivity index is 2.16. The molecule has 2 saturated heterocycles. The Hall–Kier alpha value is -0.170.